The van der Waals surface area contributed by atoms with Crippen molar-refractivity contribution in [2.75, 3.05) is 13.6 Å². The highest BCUT2D eigenvalue weighted by atomic mass is 16.2. The molecule has 0 saturated heterocycles. The van der Waals surface area contributed by atoms with Crippen molar-refractivity contribution in [3.05, 3.63) is 0 Å². The zero-order valence-corrected chi connectivity index (χ0v) is 11.8. The molecule has 0 aromatic heterocycles. The van der Waals surface area contributed by atoms with Gasteiger partial charge in [0.2, 0.25) is 5.91 Å². The highest BCUT2D eigenvalue weighted by Gasteiger charge is 2.39. The molecule has 1 aliphatic carbocycles. The van der Waals surface area contributed by atoms with Gasteiger partial charge in [-0.25, -0.2) is 0 Å². The Balaban J connectivity index is 2.67. The van der Waals surface area contributed by atoms with E-state index >= 15 is 0 Å². The maximum absolute atomic E-state index is 12.5. The summed E-state index contributed by atoms with van der Waals surface area (Å²) in [6.07, 6.45) is 5.56. The van der Waals surface area contributed by atoms with Crippen molar-refractivity contribution in [3.63, 3.8) is 0 Å². The number of amides is 1. The fourth-order valence-corrected chi connectivity index (χ4v) is 2.85. The number of carbonyl (C=O) groups is 1. The van der Waals surface area contributed by atoms with Gasteiger partial charge >= 0.3 is 0 Å². The molecule has 0 aromatic rings. The molecule has 2 unspecified atom stereocenters. The molecular formula is C14H28N2O. The maximum atomic E-state index is 12.5. The van der Waals surface area contributed by atoms with Crippen LogP contribution in [0.5, 0.6) is 0 Å². The molecule has 2 N–H and O–H groups in total. The molecule has 17 heavy (non-hydrogen) atoms. The third kappa shape index (κ3) is 3.44. The van der Waals surface area contributed by atoms with Gasteiger partial charge in [0.1, 0.15) is 0 Å². The van der Waals surface area contributed by atoms with Crippen LogP contribution in [0.2, 0.25) is 0 Å². The van der Waals surface area contributed by atoms with Gasteiger partial charge < -0.3 is 10.6 Å². The van der Waals surface area contributed by atoms with E-state index in [-0.39, 0.29) is 17.4 Å². The average molecular weight is 240 g/mol. The van der Waals surface area contributed by atoms with E-state index in [1.807, 2.05) is 11.9 Å². The lowest BCUT2D eigenvalue weighted by molar-refractivity contribution is -0.141. The summed E-state index contributed by atoms with van der Waals surface area (Å²) in [5.41, 5.74) is 5.72. The van der Waals surface area contributed by atoms with Crippen LogP contribution in [0.1, 0.15) is 52.9 Å². The molecule has 3 nitrogen and oxygen atoms in total. The zero-order valence-electron chi connectivity index (χ0n) is 11.8. The molecule has 100 valence electrons. The van der Waals surface area contributed by atoms with Crippen molar-refractivity contribution in [3.8, 4) is 0 Å². The fraction of sp³-hybridized carbons (Fsp3) is 0.929. The number of nitrogens with two attached hydrogens (primary N) is 1. The predicted octanol–water partition coefficient (Wildman–Crippen LogP) is 2.40. The Labute approximate surface area is 106 Å². The standard InChI is InChI=1S/C14H28N2O/c1-11(8-10-15)16(4)13(17)12-7-5-6-9-14(12,2)3/h11-12H,5-10,15H2,1-4H3. The van der Waals surface area contributed by atoms with E-state index in [0.717, 1.165) is 12.8 Å². The Morgan fingerprint density at radius 3 is 2.65 bits per heavy atom. The molecule has 0 heterocycles. The monoisotopic (exact) mass is 240 g/mol. The molecule has 0 spiro atoms. The van der Waals surface area contributed by atoms with Gasteiger partial charge in [0.25, 0.3) is 0 Å². The molecule has 1 fully saturated rings. The highest BCUT2D eigenvalue weighted by molar-refractivity contribution is 5.79. The summed E-state index contributed by atoms with van der Waals surface area (Å²) < 4.78 is 0. The lowest BCUT2D eigenvalue weighted by Crippen LogP contribution is -2.45. The Kier molecular flexibility index (Phi) is 4.99. The molecule has 0 aromatic carbocycles. The molecule has 3 heteroatoms. The van der Waals surface area contributed by atoms with Gasteiger partial charge in [-0.05, 0) is 38.1 Å². The van der Waals surface area contributed by atoms with Crippen LogP contribution < -0.4 is 5.73 Å². The summed E-state index contributed by atoms with van der Waals surface area (Å²) in [6.45, 7) is 7.19. The molecule has 1 saturated carbocycles. The molecule has 1 aliphatic rings. The summed E-state index contributed by atoms with van der Waals surface area (Å²) in [4.78, 5) is 14.4. The minimum absolute atomic E-state index is 0.159. The van der Waals surface area contributed by atoms with E-state index in [0.29, 0.717) is 12.5 Å². The summed E-state index contributed by atoms with van der Waals surface area (Å²) >= 11 is 0. The summed E-state index contributed by atoms with van der Waals surface area (Å²) in [5, 5.41) is 0. The maximum Gasteiger partial charge on any atom is 0.226 e. The van der Waals surface area contributed by atoms with Crippen molar-refractivity contribution in [2.24, 2.45) is 17.1 Å². The smallest absolute Gasteiger partial charge is 0.226 e. The predicted molar refractivity (Wildman–Crippen MR) is 71.6 cm³/mol. The van der Waals surface area contributed by atoms with E-state index in [4.69, 9.17) is 5.73 Å². The molecule has 0 aliphatic heterocycles. The minimum atomic E-state index is 0.159. The molecular weight excluding hydrogens is 212 g/mol. The number of rotatable bonds is 4. The Morgan fingerprint density at radius 2 is 2.12 bits per heavy atom. The van der Waals surface area contributed by atoms with Crippen molar-refractivity contribution < 1.29 is 4.79 Å². The van der Waals surface area contributed by atoms with Crippen LogP contribution in [0.4, 0.5) is 0 Å². The topological polar surface area (TPSA) is 46.3 Å². The normalized spacial score (nSPS) is 25.4. The van der Waals surface area contributed by atoms with Crippen molar-refractivity contribution in [1.82, 2.24) is 4.90 Å². The van der Waals surface area contributed by atoms with Crippen molar-refractivity contribution >= 4 is 5.91 Å². The minimum Gasteiger partial charge on any atom is -0.343 e. The summed E-state index contributed by atoms with van der Waals surface area (Å²) in [6, 6.07) is 0.255. The largest absolute Gasteiger partial charge is 0.343 e. The lowest BCUT2D eigenvalue weighted by Gasteiger charge is -2.40. The van der Waals surface area contributed by atoms with Crippen LogP contribution in [0.3, 0.4) is 0 Å². The number of nitrogens with zero attached hydrogens (tertiary/aromatic N) is 1. The van der Waals surface area contributed by atoms with E-state index in [1.54, 1.807) is 0 Å². The number of hydrogen-bond acceptors (Lipinski definition) is 2. The van der Waals surface area contributed by atoms with E-state index in [2.05, 4.69) is 20.8 Å². The Morgan fingerprint density at radius 1 is 1.47 bits per heavy atom. The zero-order chi connectivity index (χ0) is 13.1. The van der Waals surface area contributed by atoms with E-state index < -0.39 is 0 Å². The fourth-order valence-electron chi connectivity index (χ4n) is 2.85. The average Bonchev–Trinajstić information content (AvgIpc) is 2.27. The number of hydrogen-bond donors (Lipinski definition) is 1. The Bertz CT molecular complexity index is 263. The van der Waals surface area contributed by atoms with Gasteiger partial charge in [-0.2, -0.15) is 0 Å². The summed E-state index contributed by atoms with van der Waals surface area (Å²) in [5.74, 6) is 0.511. The first kappa shape index (κ1) is 14.5. The quantitative estimate of drug-likeness (QED) is 0.820. The first-order chi connectivity index (χ1) is 7.90. The van der Waals surface area contributed by atoms with Crippen LogP contribution >= 0.6 is 0 Å². The summed E-state index contributed by atoms with van der Waals surface area (Å²) in [7, 11) is 1.92. The third-order valence-corrected chi connectivity index (χ3v) is 4.40. The van der Waals surface area contributed by atoms with Gasteiger partial charge in [0.05, 0.1) is 0 Å². The first-order valence-electron chi connectivity index (χ1n) is 6.87. The first-order valence-corrected chi connectivity index (χ1v) is 6.87. The van der Waals surface area contributed by atoms with Crippen LogP contribution in [-0.4, -0.2) is 30.4 Å². The van der Waals surface area contributed by atoms with Crippen LogP contribution in [-0.2, 0) is 4.79 Å². The van der Waals surface area contributed by atoms with Crippen LogP contribution in [0.15, 0.2) is 0 Å². The molecule has 2 atom stereocenters. The van der Waals surface area contributed by atoms with Gasteiger partial charge in [-0.3, -0.25) is 4.79 Å². The second-order valence-corrected chi connectivity index (χ2v) is 6.16. The van der Waals surface area contributed by atoms with Gasteiger partial charge in [0.15, 0.2) is 0 Å². The molecule has 0 bridgehead atoms. The van der Waals surface area contributed by atoms with E-state index in [1.165, 1.54) is 19.3 Å². The Hall–Kier alpha value is -0.570. The molecule has 0 radical (unpaired) electrons. The molecule has 1 rings (SSSR count). The third-order valence-electron chi connectivity index (χ3n) is 4.40. The molecule has 1 amide bonds. The van der Waals surface area contributed by atoms with E-state index in [9.17, 15) is 4.79 Å². The second kappa shape index (κ2) is 5.85. The lowest BCUT2D eigenvalue weighted by atomic mass is 9.68. The van der Waals surface area contributed by atoms with Crippen molar-refractivity contribution in [1.29, 1.82) is 0 Å². The number of carbonyl (C=O) groups excluding carboxylic acids is 1. The van der Waals surface area contributed by atoms with Gasteiger partial charge in [-0.1, -0.05) is 26.7 Å². The highest BCUT2D eigenvalue weighted by Crippen LogP contribution is 2.41. The van der Waals surface area contributed by atoms with Gasteiger partial charge in [0, 0.05) is 19.0 Å². The second-order valence-electron chi connectivity index (χ2n) is 6.16. The SMILES string of the molecule is CC(CCN)N(C)C(=O)C1CCCCC1(C)C. The van der Waals surface area contributed by atoms with Gasteiger partial charge in [-0.15, -0.1) is 0 Å². The van der Waals surface area contributed by atoms with Crippen molar-refractivity contribution in [2.45, 2.75) is 58.9 Å². The van der Waals surface area contributed by atoms with Crippen LogP contribution in [0.25, 0.3) is 0 Å². The van der Waals surface area contributed by atoms with Crippen LogP contribution in [0, 0.1) is 11.3 Å².